The topological polar surface area (TPSA) is 126 Å². The summed E-state index contributed by atoms with van der Waals surface area (Å²) in [6, 6.07) is 9.49. The predicted molar refractivity (Wildman–Crippen MR) is 131 cm³/mol. The summed E-state index contributed by atoms with van der Waals surface area (Å²) in [5.74, 6) is -0.341. The molecule has 0 radical (unpaired) electrons. The van der Waals surface area contributed by atoms with E-state index in [-0.39, 0.29) is 29.2 Å². The molecule has 3 aromatic rings. The fraction of sp³-hybridized carbons (Fsp3) is 0.304. The molecule has 0 unspecified atom stereocenters. The first-order valence-electron chi connectivity index (χ1n) is 10.7. The van der Waals surface area contributed by atoms with Crippen LogP contribution in [0.4, 0.5) is 5.69 Å². The molecule has 178 valence electrons. The Balaban J connectivity index is 2.09. The number of unbranched alkanes of at least 4 members (excludes halogenated alkanes) is 1. The van der Waals surface area contributed by atoms with Crippen molar-refractivity contribution in [2.75, 3.05) is 13.2 Å². The third-order valence-corrected chi connectivity index (χ3v) is 5.30. The summed E-state index contributed by atoms with van der Waals surface area (Å²) in [6.45, 7) is 3.32. The molecule has 0 saturated carbocycles. The fourth-order valence-electron chi connectivity index (χ4n) is 3.21. The monoisotopic (exact) mass is 530 g/mol. The summed E-state index contributed by atoms with van der Waals surface area (Å²) < 4.78 is 12.2. The average Bonchev–Trinajstić information content (AvgIpc) is 2.81. The quantitative estimate of drug-likeness (QED) is 0.166. The van der Waals surface area contributed by atoms with Crippen molar-refractivity contribution in [2.24, 2.45) is 5.10 Å². The van der Waals surface area contributed by atoms with E-state index < -0.39 is 17.5 Å². The highest BCUT2D eigenvalue weighted by molar-refractivity contribution is 9.10. The molecule has 11 heteroatoms. The Bertz CT molecular complexity index is 1300. The molecule has 34 heavy (non-hydrogen) atoms. The van der Waals surface area contributed by atoms with E-state index in [1.54, 1.807) is 25.1 Å². The minimum absolute atomic E-state index is 0.149. The van der Waals surface area contributed by atoms with E-state index in [9.17, 15) is 19.7 Å². The minimum atomic E-state index is -0.661. The lowest BCUT2D eigenvalue weighted by Crippen LogP contribution is -2.22. The molecule has 0 N–H and O–H groups in total. The van der Waals surface area contributed by atoms with E-state index in [1.807, 2.05) is 13.0 Å². The highest BCUT2D eigenvalue weighted by atomic mass is 79.9. The van der Waals surface area contributed by atoms with Crippen molar-refractivity contribution in [2.45, 2.75) is 33.1 Å². The summed E-state index contributed by atoms with van der Waals surface area (Å²) in [6.07, 6.45) is 3.51. The second-order valence-corrected chi connectivity index (χ2v) is 8.12. The fourth-order valence-corrected chi connectivity index (χ4v) is 3.57. The highest BCUT2D eigenvalue weighted by Crippen LogP contribution is 2.30. The van der Waals surface area contributed by atoms with Crippen LogP contribution >= 0.6 is 15.9 Å². The molecule has 0 aliphatic carbocycles. The largest absolute Gasteiger partial charge is 0.474 e. The maximum atomic E-state index is 13.2. The van der Waals surface area contributed by atoms with Gasteiger partial charge in [-0.1, -0.05) is 35.3 Å². The van der Waals surface area contributed by atoms with Crippen LogP contribution in [-0.4, -0.2) is 40.0 Å². The van der Waals surface area contributed by atoms with Gasteiger partial charge >= 0.3 is 11.7 Å². The first-order chi connectivity index (χ1) is 16.3. The molecule has 0 atom stereocenters. The van der Waals surface area contributed by atoms with Crippen LogP contribution in [0.25, 0.3) is 10.9 Å². The molecule has 10 nitrogen and oxygen atoms in total. The molecule has 0 aliphatic rings. The van der Waals surface area contributed by atoms with Gasteiger partial charge in [0.25, 0.3) is 5.56 Å². The Morgan fingerprint density at radius 1 is 1.29 bits per heavy atom. The number of ether oxygens (including phenoxy) is 2. The van der Waals surface area contributed by atoms with E-state index in [4.69, 9.17) is 9.47 Å². The third-order valence-electron chi connectivity index (χ3n) is 4.80. The van der Waals surface area contributed by atoms with Crippen LogP contribution in [0, 0.1) is 10.1 Å². The van der Waals surface area contributed by atoms with E-state index in [0.717, 1.165) is 17.3 Å². The van der Waals surface area contributed by atoms with Crippen LogP contribution in [0.3, 0.4) is 0 Å². The van der Waals surface area contributed by atoms with Gasteiger partial charge in [-0.3, -0.25) is 14.9 Å². The molecule has 0 bridgehead atoms. The van der Waals surface area contributed by atoms with Gasteiger partial charge in [0, 0.05) is 22.5 Å². The number of aromatic nitrogens is 2. The summed E-state index contributed by atoms with van der Waals surface area (Å²) in [5.41, 5.74) is 0.0705. The Kier molecular flexibility index (Phi) is 8.47. The van der Waals surface area contributed by atoms with Crippen LogP contribution in [0.15, 0.2) is 50.8 Å². The number of fused-ring (bicyclic) bond motifs is 1. The predicted octanol–water partition coefficient (Wildman–Crippen LogP) is 4.23. The number of carbonyl (C=O) groups is 1. The molecule has 0 spiro atoms. The zero-order valence-corrected chi connectivity index (χ0v) is 20.3. The molecule has 3 rings (SSSR count). The van der Waals surface area contributed by atoms with Crippen LogP contribution in [0.2, 0.25) is 0 Å². The lowest BCUT2D eigenvalue weighted by molar-refractivity contribution is -0.385. The summed E-state index contributed by atoms with van der Waals surface area (Å²) in [7, 11) is 0. The first kappa shape index (κ1) is 25.0. The van der Waals surface area contributed by atoms with Crippen LogP contribution in [0.1, 0.15) is 38.1 Å². The number of benzene rings is 2. The number of rotatable bonds is 10. The van der Waals surface area contributed by atoms with Gasteiger partial charge in [-0.05, 0) is 37.6 Å². The van der Waals surface area contributed by atoms with E-state index >= 15 is 0 Å². The second kappa shape index (κ2) is 11.5. The van der Waals surface area contributed by atoms with Gasteiger partial charge in [0.1, 0.15) is 5.82 Å². The SMILES string of the molecule is CCCCc1nc2ccc(Br)cc2c(=O)n1N=Cc1cccc([N+](=O)[O-])c1OCC(=O)OCC. The van der Waals surface area contributed by atoms with Crippen molar-refractivity contribution in [1.29, 1.82) is 0 Å². The zero-order chi connectivity index (χ0) is 24.7. The van der Waals surface area contributed by atoms with Crippen molar-refractivity contribution in [3.8, 4) is 5.75 Å². The van der Waals surface area contributed by atoms with Crippen LogP contribution in [-0.2, 0) is 16.0 Å². The van der Waals surface area contributed by atoms with Gasteiger partial charge in [-0.25, -0.2) is 9.78 Å². The first-order valence-corrected chi connectivity index (χ1v) is 11.5. The minimum Gasteiger partial charge on any atom is -0.474 e. The van der Waals surface area contributed by atoms with E-state index in [0.29, 0.717) is 23.1 Å². The van der Waals surface area contributed by atoms with Crippen molar-refractivity contribution >= 4 is 44.7 Å². The molecule has 0 saturated heterocycles. The number of hydrogen-bond donors (Lipinski definition) is 0. The van der Waals surface area contributed by atoms with Crippen molar-refractivity contribution in [1.82, 2.24) is 9.66 Å². The molecule has 0 fully saturated rings. The lowest BCUT2D eigenvalue weighted by atomic mass is 10.2. The highest BCUT2D eigenvalue weighted by Gasteiger charge is 2.20. The Labute approximate surface area is 203 Å². The Morgan fingerprint density at radius 3 is 2.79 bits per heavy atom. The van der Waals surface area contributed by atoms with Gasteiger partial charge in [0.05, 0.1) is 28.6 Å². The van der Waals surface area contributed by atoms with Gasteiger partial charge in [-0.2, -0.15) is 9.78 Å². The summed E-state index contributed by atoms with van der Waals surface area (Å²) >= 11 is 3.37. The Hall–Kier alpha value is -3.60. The van der Waals surface area contributed by atoms with Crippen molar-refractivity contribution < 1.29 is 19.2 Å². The molecular weight excluding hydrogens is 508 g/mol. The number of nitro benzene ring substituents is 1. The number of nitro groups is 1. The average molecular weight is 531 g/mol. The third kappa shape index (κ3) is 5.84. The molecule has 0 aliphatic heterocycles. The van der Waals surface area contributed by atoms with Crippen molar-refractivity contribution in [3.05, 3.63) is 72.7 Å². The molecule has 1 heterocycles. The Morgan fingerprint density at radius 2 is 2.09 bits per heavy atom. The number of carbonyl (C=O) groups excluding carboxylic acids is 1. The van der Waals surface area contributed by atoms with E-state index in [1.165, 1.54) is 23.0 Å². The van der Waals surface area contributed by atoms with Crippen molar-refractivity contribution in [3.63, 3.8) is 0 Å². The van der Waals surface area contributed by atoms with E-state index in [2.05, 4.69) is 26.0 Å². The normalized spacial score (nSPS) is 11.1. The molecule has 1 aromatic heterocycles. The standard InChI is InChI=1S/C23H23BrN4O6/c1-3-5-9-20-26-18-11-10-16(24)12-17(18)23(30)27(20)25-13-15-7-6-8-19(28(31)32)22(15)34-14-21(29)33-4-2/h6-8,10-13H,3-5,9,14H2,1-2H3. The molecule has 0 amide bonds. The van der Waals surface area contributed by atoms with Crippen LogP contribution < -0.4 is 10.3 Å². The summed E-state index contributed by atoms with van der Waals surface area (Å²) in [5, 5.41) is 16.2. The molecular formula is C23H23BrN4O6. The number of aryl methyl sites for hydroxylation is 1. The van der Waals surface area contributed by atoms with Gasteiger partial charge < -0.3 is 9.47 Å². The zero-order valence-electron chi connectivity index (χ0n) is 18.7. The van der Waals surface area contributed by atoms with Gasteiger partial charge in [0.15, 0.2) is 6.61 Å². The number of nitrogens with zero attached hydrogens (tertiary/aromatic N) is 4. The second-order valence-electron chi connectivity index (χ2n) is 7.20. The maximum Gasteiger partial charge on any atom is 0.344 e. The number of esters is 1. The lowest BCUT2D eigenvalue weighted by Gasteiger charge is -2.11. The smallest absolute Gasteiger partial charge is 0.344 e. The van der Waals surface area contributed by atoms with Crippen LogP contribution in [0.5, 0.6) is 5.75 Å². The maximum absolute atomic E-state index is 13.2. The van der Waals surface area contributed by atoms with Gasteiger partial charge in [-0.15, -0.1) is 0 Å². The number of hydrogen-bond acceptors (Lipinski definition) is 8. The number of halogens is 1. The molecule has 2 aromatic carbocycles. The number of para-hydroxylation sites is 1. The summed E-state index contributed by atoms with van der Waals surface area (Å²) in [4.78, 5) is 40.4. The van der Waals surface area contributed by atoms with Gasteiger partial charge in [0.2, 0.25) is 5.75 Å².